The van der Waals surface area contributed by atoms with Crippen LogP contribution in [0, 0.1) is 0 Å². The van der Waals surface area contributed by atoms with Crippen molar-refractivity contribution in [2.75, 3.05) is 0 Å². The van der Waals surface area contributed by atoms with Crippen LogP contribution in [-0.4, -0.2) is 25.0 Å². The molecule has 0 aliphatic rings. The quantitative estimate of drug-likeness (QED) is 0.755. The van der Waals surface area contributed by atoms with E-state index in [1.807, 2.05) is 6.07 Å². The van der Waals surface area contributed by atoms with Crippen molar-refractivity contribution in [1.82, 2.24) is 19.9 Å². The maximum atomic E-state index is 9.83. The number of aromatic hydroxyl groups is 1. The van der Waals surface area contributed by atoms with Gasteiger partial charge in [-0.15, -0.1) is 0 Å². The van der Waals surface area contributed by atoms with Crippen molar-refractivity contribution >= 4 is 0 Å². The van der Waals surface area contributed by atoms with E-state index in [4.69, 9.17) is 0 Å². The molecule has 2 heterocycles. The zero-order valence-electron chi connectivity index (χ0n) is 9.93. The van der Waals surface area contributed by atoms with Gasteiger partial charge in [0.05, 0.1) is 24.3 Å². The molecular formula is C14H10N4O. The van der Waals surface area contributed by atoms with E-state index >= 15 is 0 Å². The van der Waals surface area contributed by atoms with Crippen LogP contribution < -0.4 is 0 Å². The first-order valence-electron chi connectivity index (χ1n) is 5.71. The number of benzene rings is 1. The largest absolute Gasteiger partial charge is 0.507 e. The summed E-state index contributed by atoms with van der Waals surface area (Å²) in [5.41, 5.74) is 2.50. The third kappa shape index (κ3) is 2.26. The summed E-state index contributed by atoms with van der Waals surface area (Å²) >= 11 is 0. The van der Waals surface area contributed by atoms with E-state index in [1.165, 1.54) is 0 Å². The van der Waals surface area contributed by atoms with Gasteiger partial charge in [-0.05, 0) is 12.1 Å². The van der Waals surface area contributed by atoms with Crippen molar-refractivity contribution in [3.05, 3.63) is 55.2 Å². The molecule has 0 atom stereocenters. The summed E-state index contributed by atoms with van der Waals surface area (Å²) in [6.45, 7) is 0. The van der Waals surface area contributed by atoms with E-state index in [-0.39, 0.29) is 5.75 Å². The van der Waals surface area contributed by atoms with Crippen molar-refractivity contribution in [2.24, 2.45) is 0 Å². The summed E-state index contributed by atoms with van der Waals surface area (Å²) in [6.07, 6.45) is 8.05. The smallest absolute Gasteiger partial charge is 0.125 e. The van der Waals surface area contributed by atoms with Crippen molar-refractivity contribution in [3.8, 4) is 28.4 Å². The van der Waals surface area contributed by atoms with Crippen LogP contribution in [0.2, 0.25) is 0 Å². The molecule has 0 fully saturated rings. The summed E-state index contributed by atoms with van der Waals surface area (Å²) in [5.74, 6) is 0.174. The molecule has 1 aromatic carbocycles. The lowest BCUT2D eigenvalue weighted by molar-refractivity contribution is 0.477. The first-order valence-corrected chi connectivity index (χ1v) is 5.71. The Labute approximate surface area is 109 Å². The van der Waals surface area contributed by atoms with E-state index in [0.29, 0.717) is 22.6 Å². The molecule has 0 saturated carbocycles. The highest BCUT2D eigenvalue weighted by molar-refractivity contribution is 5.67. The fourth-order valence-corrected chi connectivity index (χ4v) is 1.74. The molecule has 5 heteroatoms. The number of aromatic nitrogens is 4. The third-order valence-corrected chi connectivity index (χ3v) is 2.64. The van der Waals surface area contributed by atoms with E-state index in [0.717, 1.165) is 0 Å². The maximum Gasteiger partial charge on any atom is 0.125 e. The molecule has 0 bridgehead atoms. The molecule has 2 aromatic heterocycles. The predicted octanol–water partition coefficient (Wildman–Crippen LogP) is 2.31. The molecule has 92 valence electrons. The highest BCUT2D eigenvalue weighted by atomic mass is 16.3. The van der Waals surface area contributed by atoms with Crippen LogP contribution >= 0.6 is 0 Å². The molecule has 3 rings (SSSR count). The number of hydrogen-bond acceptors (Lipinski definition) is 5. The minimum Gasteiger partial charge on any atom is -0.507 e. The van der Waals surface area contributed by atoms with Gasteiger partial charge in [-0.2, -0.15) is 0 Å². The molecule has 1 N–H and O–H groups in total. The number of phenols is 1. The van der Waals surface area contributed by atoms with E-state index in [1.54, 1.807) is 49.2 Å². The topological polar surface area (TPSA) is 71.8 Å². The standard InChI is InChI=1S/C14H10N4O/c19-14-4-2-1-3-10(14)11-7-16-9-13(18-11)12-8-15-5-6-17-12/h1-9,19H. The van der Waals surface area contributed by atoms with Crippen LogP contribution in [0.3, 0.4) is 0 Å². The molecule has 3 aromatic rings. The Morgan fingerprint density at radius 3 is 2.37 bits per heavy atom. The molecule has 0 amide bonds. The van der Waals surface area contributed by atoms with Crippen molar-refractivity contribution in [3.63, 3.8) is 0 Å². The van der Waals surface area contributed by atoms with Crippen LogP contribution in [0.15, 0.2) is 55.2 Å². The minimum absolute atomic E-state index is 0.174. The molecule has 0 unspecified atom stereocenters. The van der Waals surface area contributed by atoms with Gasteiger partial charge in [-0.25, -0.2) is 4.98 Å². The van der Waals surface area contributed by atoms with Gasteiger partial charge < -0.3 is 5.11 Å². The lowest BCUT2D eigenvalue weighted by Gasteiger charge is -2.05. The molecule has 0 saturated heterocycles. The van der Waals surface area contributed by atoms with Crippen LogP contribution in [0.4, 0.5) is 0 Å². The van der Waals surface area contributed by atoms with Crippen molar-refractivity contribution < 1.29 is 5.11 Å². The Bertz CT molecular complexity index is 701. The highest BCUT2D eigenvalue weighted by Crippen LogP contribution is 2.27. The lowest BCUT2D eigenvalue weighted by Crippen LogP contribution is -1.92. The van der Waals surface area contributed by atoms with Gasteiger partial charge in [0.1, 0.15) is 17.1 Å². The number of para-hydroxylation sites is 1. The highest BCUT2D eigenvalue weighted by Gasteiger charge is 2.08. The lowest BCUT2D eigenvalue weighted by atomic mass is 10.1. The third-order valence-electron chi connectivity index (χ3n) is 2.64. The molecular weight excluding hydrogens is 240 g/mol. The van der Waals surface area contributed by atoms with Crippen LogP contribution in [0.5, 0.6) is 5.75 Å². The summed E-state index contributed by atoms with van der Waals surface area (Å²) in [4.78, 5) is 16.8. The second-order valence-electron chi connectivity index (χ2n) is 3.90. The van der Waals surface area contributed by atoms with Crippen LogP contribution in [-0.2, 0) is 0 Å². The fourth-order valence-electron chi connectivity index (χ4n) is 1.74. The number of hydrogen-bond donors (Lipinski definition) is 1. The molecule has 19 heavy (non-hydrogen) atoms. The maximum absolute atomic E-state index is 9.83. The van der Waals surface area contributed by atoms with E-state index < -0.39 is 0 Å². The van der Waals surface area contributed by atoms with Gasteiger partial charge >= 0.3 is 0 Å². The number of phenolic OH excluding ortho intramolecular Hbond substituents is 1. The van der Waals surface area contributed by atoms with Gasteiger partial charge in [0.2, 0.25) is 0 Å². The SMILES string of the molecule is Oc1ccccc1-c1cncc(-c2cnccn2)n1. The van der Waals surface area contributed by atoms with Gasteiger partial charge in [-0.1, -0.05) is 12.1 Å². The first kappa shape index (κ1) is 11.3. The van der Waals surface area contributed by atoms with Gasteiger partial charge in [0.25, 0.3) is 0 Å². The minimum atomic E-state index is 0.174. The monoisotopic (exact) mass is 250 g/mol. The average molecular weight is 250 g/mol. The summed E-state index contributed by atoms with van der Waals surface area (Å²) in [5, 5.41) is 9.83. The Hall–Kier alpha value is -2.82. The fraction of sp³-hybridized carbons (Fsp3) is 0. The number of rotatable bonds is 2. The van der Waals surface area contributed by atoms with E-state index in [2.05, 4.69) is 19.9 Å². The Balaban J connectivity index is 2.09. The second-order valence-corrected chi connectivity index (χ2v) is 3.90. The Morgan fingerprint density at radius 1 is 0.789 bits per heavy atom. The van der Waals surface area contributed by atoms with Crippen LogP contribution in [0.1, 0.15) is 0 Å². The Morgan fingerprint density at radius 2 is 1.58 bits per heavy atom. The zero-order valence-corrected chi connectivity index (χ0v) is 9.93. The molecule has 0 spiro atoms. The summed E-state index contributed by atoms with van der Waals surface area (Å²) in [7, 11) is 0. The van der Waals surface area contributed by atoms with E-state index in [9.17, 15) is 5.11 Å². The molecule has 5 nitrogen and oxygen atoms in total. The average Bonchev–Trinajstić information content (AvgIpc) is 2.49. The molecule has 0 radical (unpaired) electrons. The molecule has 0 aliphatic carbocycles. The summed E-state index contributed by atoms with van der Waals surface area (Å²) in [6, 6.07) is 7.01. The normalized spacial score (nSPS) is 10.3. The number of nitrogens with zero attached hydrogens (tertiary/aromatic N) is 4. The van der Waals surface area contributed by atoms with Gasteiger partial charge in [-0.3, -0.25) is 15.0 Å². The zero-order chi connectivity index (χ0) is 13.1. The van der Waals surface area contributed by atoms with Crippen molar-refractivity contribution in [1.29, 1.82) is 0 Å². The predicted molar refractivity (Wildman–Crippen MR) is 70.2 cm³/mol. The second kappa shape index (κ2) is 4.81. The Kier molecular flexibility index (Phi) is 2.86. The molecule has 0 aliphatic heterocycles. The van der Waals surface area contributed by atoms with Gasteiger partial charge in [0, 0.05) is 18.0 Å². The first-order chi connectivity index (χ1) is 9.34. The van der Waals surface area contributed by atoms with Crippen LogP contribution in [0.25, 0.3) is 22.6 Å². The summed E-state index contributed by atoms with van der Waals surface area (Å²) < 4.78 is 0. The van der Waals surface area contributed by atoms with Gasteiger partial charge in [0.15, 0.2) is 0 Å². The van der Waals surface area contributed by atoms with Crippen molar-refractivity contribution in [2.45, 2.75) is 0 Å².